The van der Waals surface area contributed by atoms with Gasteiger partial charge < -0.3 is 5.32 Å². The first-order valence-corrected chi connectivity index (χ1v) is 2.91. The van der Waals surface area contributed by atoms with Crippen LogP contribution in [0.2, 0.25) is 0 Å². The zero-order valence-electron chi connectivity index (χ0n) is 5.98. The Labute approximate surface area is 56.6 Å². The molecule has 1 N–H and O–H groups in total. The third kappa shape index (κ3) is 11.0. The molecule has 2 heteroatoms. The standard InChI is InChI=1S/C5H11NO.C2H2/c1-3-5(7)6-4-2;1-2/h3-4H2,1-2H3,(H,6,7);1-2H. The molecule has 52 valence electrons. The van der Waals surface area contributed by atoms with Crippen LogP contribution in [0.4, 0.5) is 0 Å². The van der Waals surface area contributed by atoms with Gasteiger partial charge in [0.25, 0.3) is 0 Å². The molecule has 0 aromatic heterocycles. The monoisotopic (exact) mass is 127 g/mol. The van der Waals surface area contributed by atoms with Crippen molar-refractivity contribution in [2.45, 2.75) is 20.3 Å². The number of amides is 1. The molecular formula is C7H13NO. The van der Waals surface area contributed by atoms with E-state index in [1.165, 1.54) is 0 Å². The van der Waals surface area contributed by atoms with Crippen molar-refractivity contribution in [3.63, 3.8) is 0 Å². The van der Waals surface area contributed by atoms with Crippen molar-refractivity contribution >= 4 is 5.91 Å². The van der Waals surface area contributed by atoms with Crippen LogP contribution in [0.3, 0.4) is 0 Å². The van der Waals surface area contributed by atoms with E-state index in [1.54, 1.807) is 0 Å². The maximum absolute atomic E-state index is 10.3. The third-order valence-corrected chi connectivity index (χ3v) is 0.695. The van der Waals surface area contributed by atoms with E-state index in [0.29, 0.717) is 6.42 Å². The van der Waals surface area contributed by atoms with Crippen LogP contribution in [0.25, 0.3) is 0 Å². The first kappa shape index (κ1) is 10.9. The lowest BCUT2D eigenvalue weighted by Gasteiger charge is -1.93. The summed E-state index contributed by atoms with van der Waals surface area (Å²) in [4.78, 5) is 10.3. The van der Waals surface area contributed by atoms with Crippen molar-refractivity contribution < 1.29 is 4.79 Å². The van der Waals surface area contributed by atoms with E-state index in [1.807, 2.05) is 13.8 Å². The quantitative estimate of drug-likeness (QED) is 0.546. The summed E-state index contributed by atoms with van der Waals surface area (Å²) >= 11 is 0. The molecule has 0 radical (unpaired) electrons. The van der Waals surface area contributed by atoms with Gasteiger partial charge in [-0.05, 0) is 6.92 Å². The Morgan fingerprint density at radius 3 is 2.00 bits per heavy atom. The molecule has 2 nitrogen and oxygen atoms in total. The summed E-state index contributed by atoms with van der Waals surface area (Å²) in [5, 5.41) is 2.66. The van der Waals surface area contributed by atoms with Gasteiger partial charge in [-0.15, -0.1) is 12.8 Å². The minimum Gasteiger partial charge on any atom is -0.356 e. The van der Waals surface area contributed by atoms with Crippen molar-refractivity contribution in [3.8, 4) is 12.8 Å². The molecule has 0 aliphatic rings. The second kappa shape index (κ2) is 10.1. The van der Waals surface area contributed by atoms with Gasteiger partial charge in [0.15, 0.2) is 0 Å². The highest BCUT2D eigenvalue weighted by molar-refractivity contribution is 5.75. The Bertz CT molecular complexity index is 86.2. The summed E-state index contributed by atoms with van der Waals surface area (Å²) in [6, 6.07) is 0. The van der Waals surface area contributed by atoms with Gasteiger partial charge in [0.05, 0.1) is 0 Å². The predicted molar refractivity (Wildman–Crippen MR) is 38.9 cm³/mol. The highest BCUT2D eigenvalue weighted by Crippen LogP contribution is 1.70. The van der Waals surface area contributed by atoms with E-state index >= 15 is 0 Å². The van der Waals surface area contributed by atoms with Gasteiger partial charge in [-0.25, -0.2) is 0 Å². The van der Waals surface area contributed by atoms with Gasteiger partial charge in [0, 0.05) is 13.0 Å². The van der Waals surface area contributed by atoms with Crippen molar-refractivity contribution in [1.82, 2.24) is 5.32 Å². The number of hydrogen-bond acceptors (Lipinski definition) is 1. The molecule has 1 amide bonds. The van der Waals surface area contributed by atoms with E-state index < -0.39 is 0 Å². The molecule has 0 aliphatic carbocycles. The smallest absolute Gasteiger partial charge is 0.219 e. The van der Waals surface area contributed by atoms with Gasteiger partial charge in [-0.3, -0.25) is 4.79 Å². The van der Waals surface area contributed by atoms with Crippen LogP contribution >= 0.6 is 0 Å². The lowest BCUT2D eigenvalue weighted by Crippen LogP contribution is -2.20. The van der Waals surface area contributed by atoms with Crippen molar-refractivity contribution in [3.05, 3.63) is 0 Å². The molecule has 9 heavy (non-hydrogen) atoms. The molecule has 0 atom stereocenters. The fourth-order valence-electron chi connectivity index (χ4n) is 0.322. The highest BCUT2D eigenvalue weighted by Gasteiger charge is 1.88. The topological polar surface area (TPSA) is 29.1 Å². The average Bonchev–Trinajstić information content (AvgIpc) is 1.93. The highest BCUT2D eigenvalue weighted by atomic mass is 16.1. The van der Waals surface area contributed by atoms with Crippen LogP contribution in [-0.2, 0) is 4.79 Å². The summed E-state index contributed by atoms with van der Waals surface area (Å²) in [6.07, 6.45) is 8.59. The zero-order chi connectivity index (χ0) is 7.70. The Morgan fingerprint density at radius 2 is 1.89 bits per heavy atom. The first-order valence-electron chi connectivity index (χ1n) is 2.91. The fraction of sp³-hybridized carbons (Fsp3) is 0.571. The number of hydrogen-bond donors (Lipinski definition) is 1. The Kier molecular flexibility index (Phi) is 12.3. The summed E-state index contributed by atoms with van der Waals surface area (Å²) in [5.74, 6) is 0.127. The number of rotatable bonds is 2. The SMILES string of the molecule is C#C.CCNC(=O)CC. The molecule has 0 aromatic carbocycles. The molecule has 0 aliphatic heterocycles. The number of carbonyl (C=O) groups excluding carboxylic acids is 1. The number of carbonyl (C=O) groups is 1. The zero-order valence-corrected chi connectivity index (χ0v) is 5.98. The van der Waals surface area contributed by atoms with E-state index in [-0.39, 0.29) is 5.91 Å². The van der Waals surface area contributed by atoms with E-state index in [2.05, 4.69) is 18.2 Å². The van der Waals surface area contributed by atoms with Gasteiger partial charge in [0.1, 0.15) is 0 Å². The second-order valence-electron chi connectivity index (χ2n) is 1.31. The third-order valence-electron chi connectivity index (χ3n) is 0.695. The minimum atomic E-state index is 0.127. The number of terminal acetylenes is 1. The van der Waals surface area contributed by atoms with Crippen LogP contribution in [0.5, 0.6) is 0 Å². The molecule has 0 aromatic rings. The molecular weight excluding hydrogens is 114 g/mol. The normalized spacial score (nSPS) is 6.67. The Balaban J connectivity index is 0. The van der Waals surface area contributed by atoms with Gasteiger partial charge in [0.2, 0.25) is 5.91 Å². The first-order chi connectivity index (χ1) is 4.31. The van der Waals surface area contributed by atoms with Gasteiger partial charge >= 0.3 is 0 Å². The number of nitrogens with one attached hydrogen (secondary N) is 1. The molecule has 0 spiro atoms. The molecule has 0 bridgehead atoms. The van der Waals surface area contributed by atoms with Crippen molar-refractivity contribution in [1.29, 1.82) is 0 Å². The lowest BCUT2D eigenvalue weighted by atomic mass is 10.4. The van der Waals surface area contributed by atoms with Crippen LogP contribution in [0.1, 0.15) is 20.3 Å². The summed E-state index contributed by atoms with van der Waals surface area (Å²) in [7, 11) is 0. The van der Waals surface area contributed by atoms with Gasteiger partial charge in [-0.2, -0.15) is 0 Å². The summed E-state index contributed by atoms with van der Waals surface area (Å²) in [6.45, 7) is 4.49. The van der Waals surface area contributed by atoms with E-state index in [9.17, 15) is 4.79 Å². The maximum atomic E-state index is 10.3. The van der Waals surface area contributed by atoms with Crippen LogP contribution in [0.15, 0.2) is 0 Å². The van der Waals surface area contributed by atoms with Gasteiger partial charge in [-0.1, -0.05) is 6.92 Å². The van der Waals surface area contributed by atoms with E-state index in [0.717, 1.165) is 6.54 Å². The largest absolute Gasteiger partial charge is 0.356 e. The van der Waals surface area contributed by atoms with Crippen LogP contribution in [0, 0.1) is 12.8 Å². The summed E-state index contributed by atoms with van der Waals surface area (Å²) < 4.78 is 0. The average molecular weight is 127 g/mol. The summed E-state index contributed by atoms with van der Waals surface area (Å²) in [5.41, 5.74) is 0. The van der Waals surface area contributed by atoms with Crippen LogP contribution < -0.4 is 5.32 Å². The molecule has 0 fully saturated rings. The van der Waals surface area contributed by atoms with Crippen molar-refractivity contribution in [2.75, 3.05) is 6.54 Å². The molecule has 0 rings (SSSR count). The fourth-order valence-corrected chi connectivity index (χ4v) is 0.322. The molecule has 0 unspecified atom stereocenters. The second-order valence-corrected chi connectivity index (χ2v) is 1.31. The van der Waals surface area contributed by atoms with E-state index in [4.69, 9.17) is 0 Å². The maximum Gasteiger partial charge on any atom is 0.219 e. The molecule has 0 saturated heterocycles. The molecule has 0 saturated carbocycles. The van der Waals surface area contributed by atoms with Crippen molar-refractivity contribution in [2.24, 2.45) is 0 Å². The lowest BCUT2D eigenvalue weighted by molar-refractivity contribution is -0.120. The Morgan fingerprint density at radius 1 is 1.44 bits per heavy atom. The predicted octanol–water partition coefficient (Wildman–Crippen LogP) is 0.782. The minimum absolute atomic E-state index is 0.127. The Hall–Kier alpha value is -0.970. The van der Waals surface area contributed by atoms with Crippen LogP contribution in [-0.4, -0.2) is 12.5 Å². The molecule has 0 heterocycles.